The van der Waals surface area contributed by atoms with E-state index in [9.17, 15) is 4.79 Å². The number of amides is 1. The number of methoxy groups -OCH3 is 1. The third-order valence-electron chi connectivity index (χ3n) is 8.32. The van der Waals surface area contributed by atoms with Crippen molar-refractivity contribution in [3.8, 4) is 0 Å². The van der Waals surface area contributed by atoms with E-state index < -0.39 is 5.60 Å². The predicted octanol–water partition coefficient (Wildman–Crippen LogP) is 9.59. The van der Waals surface area contributed by atoms with E-state index in [0.717, 1.165) is 32.4 Å². The zero-order chi connectivity index (χ0) is 30.6. The van der Waals surface area contributed by atoms with Gasteiger partial charge >= 0.3 is 6.09 Å². The molecule has 0 spiro atoms. The monoisotopic (exact) mass is 594 g/mol. The maximum Gasteiger partial charge on any atom is 0.409 e. The van der Waals surface area contributed by atoms with Crippen LogP contribution in [-0.4, -0.2) is 66.7 Å². The quantitative estimate of drug-likeness (QED) is 0.0831. The number of hydrogen-bond donors (Lipinski definition) is 0. The molecule has 0 aromatic carbocycles. The molecule has 7 heteroatoms. The van der Waals surface area contributed by atoms with Crippen LogP contribution >= 0.6 is 0 Å². The van der Waals surface area contributed by atoms with E-state index in [4.69, 9.17) is 14.2 Å². The third kappa shape index (κ3) is 22.0. The Hall–Kier alpha value is -1.60. The highest BCUT2D eigenvalue weighted by atomic mass is 16.6. The van der Waals surface area contributed by atoms with Crippen LogP contribution in [0.1, 0.15) is 149 Å². The summed E-state index contributed by atoms with van der Waals surface area (Å²) in [6.45, 7) is 7.31. The first-order valence-electron chi connectivity index (χ1n) is 17.5. The number of carbonyl (C=O) groups is 1. The molecule has 0 fully saturated rings. The predicted molar refractivity (Wildman–Crippen MR) is 175 cm³/mol. The normalized spacial score (nSPS) is 12.9. The van der Waals surface area contributed by atoms with Gasteiger partial charge in [0, 0.05) is 46.2 Å². The van der Waals surface area contributed by atoms with Crippen LogP contribution in [0.15, 0.2) is 18.7 Å². The number of imidazole rings is 1. The van der Waals surface area contributed by atoms with Crippen molar-refractivity contribution < 1.29 is 19.0 Å². The number of unbranched alkanes of at least 4 members (excludes halogenated alkanes) is 19. The number of ether oxygens (including phenoxy) is 3. The van der Waals surface area contributed by atoms with Gasteiger partial charge in [0.2, 0.25) is 0 Å². The lowest BCUT2D eigenvalue weighted by Crippen LogP contribution is -2.41. The van der Waals surface area contributed by atoms with E-state index in [1.54, 1.807) is 12.0 Å². The molecule has 1 unspecified atom stereocenters. The number of nitrogens with zero attached hydrogens (tertiary/aromatic N) is 3. The fourth-order valence-electron chi connectivity index (χ4n) is 5.21. The number of aryl methyl sites for hydroxylation is 1. The van der Waals surface area contributed by atoms with Gasteiger partial charge in [-0.1, -0.05) is 122 Å². The lowest BCUT2D eigenvalue weighted by molar-refractivity contribution is -0.0956. The molecule has 1 heterocycles. The summed E-state index contributed by atoms with van der Waals surface area (Å²) in [4.78, 5) is 18.2. The van der Waals surface area contributed by atoms with Crippen LogP contribution < -0.4 is 0 Å². The summed E-state index contributed by atoms with van der Waals surface area (Å²) in [5, 5.41) is 0. The zero-order valence-electron chi connectivity index (χ0n) is 28.1. The standard InChI is InChI=1S/C35H67N3O4/c1-5-6-7-8-9-10-11-12-13-14-15-16-17-18-20-23-27-37(3)34(39)42-32-35(2,40-4)31-41-30-25-22-19-21-24-28-38-29-26-36-33-38/h26,29,33H,5-25,27-28,30-32H2,1-4H3. The second-order valence-corrected chi connectivity index (χ2v) is 12.6. The highest BCUT2D eigenvalue weighted by Gasteiger charge is 2.27. The number of hydrogen-bond acceptors (Lipinski definition) is 5. The van der Waals surface area contributed by atoms with Gasteiger partial charge in [-0.25, -0.2) is 9.78 Å². The average Bonchev–Trinajstić information content (AvgIpc) is 3.52. The molecule has 0 aliphatic rings. The van der Waals surface area contributed by atoms with Crippen molar-refractivity contribution in [2.45, 2.75) is 161 Å². The van der Waals surface area contributed by atoms with E-state index >= 15 is 0 Å². The minimum absolute atomic E-state index is 0.194. The first-order valence-corrected chi connectivity index (χ1v) is 17.5. The van der Waals surface area contributed by atoms with Gasteiger partial charge in [-0.3, -0.25) is 0 Å². The van der Waals surface area contributed by atoms with Crippen LogP contribution in [-0.2, 0) is 20.8 Å². The molecule has 0 saturated carbocycles. The minimum Gasteiger partial charge on any atom is -0.446 e. The lowest BCUT2D eigenvalue weighted by atomic mass is 10.0. The highest BCUT2D eigenvalue weighted by Crippen LogP contribution is 2.15. The summed E-state index contributed by atoms with van der Waals surface area (Å²) in [6, 6.07) is 0. The number of aromatic nitrogens is 2. The van der Waals surface area contributed by atoms with Crippen LogP contribution in [0.3, 0.4) is 0 Å². The Kier molecular flexibility index (Phi) is 24.7. The molecule has 0 bridgehead atoms. The third-order valence-corrected chi connectivity index (χ3v) is 8.32. The summed E-state index contributed by atoms with van der Waals surface area (Å²) < 4.78 is 19.2. The Labute approximate surface area is 259 Å². The van der Waals surface area contributed by atoms with Crippen molar-refractivity contribution in [3.63, 3.8) is 0 Å². The van der Waals surface area contributed by atoms with Crippen LogP contribution in [0.25, 0.3) is 0 Å². The molecule has 7 nitrogen and oxygen atoms in total. The summed E-state index contributed by atoms with van der Waals surface area (Å²) in [5.41, 5.74) is -0.629. The van der Waals surface area contributed by atoms with Crippen LogP contribution in [0.2, 0.25) is 0 Å². The Morgan fingerprint density at radius 1 is 0.762 bits per heavy atom. The highest BCUT2D eigenvalue weighted by molar-refractivity contribution is 5.67. The minimum atomic E-state index is -0.629. The SMILES string of the molecule is CCCCCCCCCCCCCCCCCCN(C)C(=O)OCC(C)(COCCCCCCCn1ccnc1)OC. The van der Waals surface area contributed by atoms with Gasteiger partial charge in [-0.15, -0.1) is 0 Å². The topological polar surface area (TPSA) is 65.8 Å². The molecule has 0 aliphatic heterocycles. The number of carbonyl (C=O) groups excluding carboxylic acids is 1. The van der Waals surface area contributed by atoms with E-state index in [1.165, 1.54) is 116 Å². The molecule has 1 atom stereocenters. The van der Waals surface area contributed by atoms with Gasteiger partial charge in [0.05, 0.1) is 12.9 Å². The Balaban J connectivity index is 1.93. The van der Waals surface area contributed by atoms with E-state index in [1.807, 2.05) is 32.7 Å². The fourth-order valence-corrected chi connectivity index (χ4v) is 5.21. The van der Waals surface area contributed by atoms with Crippen molar-refractivity contribution in [2.75, 3.05) is 40.5 Å². The summed E-state index contributed by atoms with van der Waals surface area (Å²) >= 11 is 0. The molecule has 246 valence electrons. The summed E-state index contributed by atoms with van der Waals surface area (Å²) in [5.74, 6) is 0. The number of rotatable bonds is 30. The fraction of sp³-hybridized carbons (Fsp3) is 0.886. The average molecular weight is 594 g/mol. The molecule has 0 aliphatic carbocycles. The first-order chi connectivity index (χ1) is 20.5. The van der Waals surface area contributed by atoms with E-state index in [-0.39, 0.29) is 12.7 Å². The maximum atomic E-state index is 12.5. The largest absolute Gasteiger partial charge is 0.446 e. The van der Waals surface area contributed by atoms with Gasteiger partial charge in [-0.05, 0) is 26.2 Å². The molecule has 0 radical (unpaired) electrons. The van der Waals surface area contributed by atoms with Crippen molar-refractivity contribution in [3.05, 3.63) is 18.7 Å². The maximum absolute atomic E-state index is 12.5. The van der Waals surface area contributed by atoms with Gasteiger partial charge in [0.25, 0.3) is 0 Å². The zero-order valence-corrected chi connectivity index (χ0v) is 28.1. The van der Waals surface area contributed by atoms with Crippen LogP contribution in [0.4, 0.5) is 4.79 Å². The summed E-state index contributed by atoms with van der Waals surface area (Å²) in [7, 11) is 3.47. The van der Waals surface area contributed by atoms with E-state index in [0.29, 0.717) is 13.2 Å². The van der Waals surface area contributed by atoms with Crippen molar-refractivity contribution in [1.29, 1.82) is 0 Å². The lowest BCUT2D eigenvalue weighted by Gasteiger charge is -2.28. The van der Waals surface area contributed by atoms with E-state index in [2.05, 4.69) is 16.5 Å². The first kappa shape index (κ1) is 38.4. The molecule has 1 aromatic rings. The van der Waals surface area contributed by atoms with Gasteiger partial charge in [0.1, 0.15) is 12.2 Å². The second-order valence-electron chi connectivity index (χ2n) is 12.6. The second kappa shape index (κ2) is 27.0. The Morgan fingerprint density at radius 3 is 1.81 bits per heavy atom. The van der Waals surface area contributed by atoms with Crippen molar-refractivity contribution in [2.24, 2.45) is 0 Å². The molecule has 1 aromatic heterocycles. The summed E-state index contributed by atoms with van der Waals surface area (Å²) in [6.07, 6.45) is 32.8. The van der Waals surface area contributed by atoms with Crippen LogP contribution in [0, 0.1) is 0 Å². The molecule has 1 amide bonds. The molecule has 0 N–H and O–H groups in total. The van der Waals surface area contributed by atoms with Gasteiger partial charge < -0.3 is 23.7 Å². The van der Waals surface area contributed by atoms with Gasteiger partial charge in [0.15, 0.2) is 0 Å². The molecular formula is C35H67N3O4. The Morgan fingerprint density at radius 2 is 1.29 bits per heavy atom. The van der Waals surface area contributed by atoms with Crippen LogP contribution in [0.5, 0.6) is 0 Å². The van der Waals surface area contributed by atoms with Gasteiger partial charge in [-0.2, -0.15) is 0 Å². The van der Waals surface area contributed by atoms with Crippen molar-refractivity contribution in [1.82, 2.24) is 14.5 Å². The van der Waals surface area contributed by atoms with Crippen molar-refractivity contribution >= 4 is 6.09 Å². The Bertz CT molecular complexity index is 715. The molecule has 0 saturated heterocycles. The molecule has 42 heavy (non-hydrogen) atoms. The molecule has 1 rings (SSSR count). The smallest absolute Gasteiger partial charge is 0.409 e. The molecular weight excluding hydrogens is 526 g/mol.